The van der Waals surface area contributed by atoms with Crippen LogP contribution < -0.4 is 0 Å². The van der Waals surface area contributed by atoms with Crippen molar-refractivity contribution in [2.45, 2.75) is 77.5 Å². The number of Topliss-reactive ketones (excluding diaryl/α,β-unsaturated/α-hetero) is 1. The molecule has 2 saturated carbocycles. The summed E-state index contributed by atoms with van der Waals surface area (Å²) >= 11 is 0. The minimum absolute atomic E-state index is 0.0215. The highest BCUT2D eigenvalue weighted by Gasteiger charge is 2.72. The SMILES string of the molecule is CC1=C2[C@@H](OP(P(P)P)P(PP)P(P)P)C(=O)[C@]3(C)[C@@H](OP(P(P)P)P(P)P)C[C@H]4OC[C@@]4(O)[C@H]3[C@H](C)C(C[C@@H]1OP(P(P)P(P)P)P(P(P)P)P(P)P)C2(C)C. The monoisotopic (exact) mass is 1340 g/mol. The van der Waals surface area contributed by atoms with Gasteiger partial charge in [-0.15, -0.1) is 134 Å². The number of ether oxygens (including phenoxy) is 1. The number of fused-ring (bicyclic) bond motifs is 5. The van der Waals surface area contributed by atoms with Crippen molar-refractivity contribution in [1.29, 1.82) is 0 Å². The Morgan fingerprint density at radius 3 is 1.70 bits per heavy atom. The molecule has 4 aliphatic rings. The van der Waals surface area contributed by atoms with E-state index in [9.17, 15) is 5.11 Å². The first-order chi connectivity index (χ1) is 26.2. The molecule has 36 heteroatoms. The largest absolute Gasteiger partial charge is 0.384 e. The van der Waals surface area contributed by atoms with E-state index in [1.165, 1.54) is 5.57 Å². The molecule has 0 amide bonds. The van der Waals surface area contributed by atoms with Gasteiger partial charge in [-0.05, 0) is 97.6 Å². The summed E-state index contributed by atoms with van der Waals surface area (Å²) in [7, 11) is 47.5. The van der Waals surface area contributed by atoms with E-state index < -0.39 is 94.7 Å². The summed E-state index contributed by atoms with van der Waals surface area (Å²) in [6.45, 7) is 7.00. The molecule has 0 aromatic carbocycles. The number of aliphatic hydroxyl groups is 1. The molecule has 1 aliphatic heterocycles. The van der Waals surface area contributed by atoms with E-state index >= 15 is 4.79 Å². The molecule has 0 aromatic rings. The fourth-order valence-corrected chi connectivity index (χ4v) is 204. The van der Waals surface area contributed by atoms with Gasteiger partial charge in [0.15, 0.2) is 5.78 Å². The molecule has 0 aromatic heterocycles. The molecule has 1 saturated heterocycles. The quantitative estimate of drug-likeness (QED) is 0.116. The average molecular weight is 1340 g/mol. The number of carbonyl (C=O) groups excluding carboxylic acids is 1. The second kappa shape index (κ2) is 26.7. The first-order valence-corrected chi connectivity index (χ1v) is 69.1. The van der Waals surface area contributed by atoms with Crippen LogP contribution in [0, 0.1) is 28.6 Å². The molecule has 332 valence electrons. The average Bonchev–Trinajstić information content (AvgIpc) is 3.08. The Bertz CT molecular complexity index is 1410. The van der Waals surface area contributed by atoms with Crippen LogP contribution >= 0.6 is 243 Å². The Kier molecular flexibility index (Phi) is 28.9. The lowest BCUT2D eigenvalue weighted by molar-refractivity contribution is -0.323. The van der Waals surface area contributed by atoms with Crippen LogP contribution in [0.2, 0.25) is 0 Å². The third-order valence-electron chi connectivity index (χ3n) is 11.3. The third-order valence-corrected chi connectivity index (χ3v) is 152. The smallest absolute Gasteiger partial charge is 0.175 e. The van der Waals surface area contributed by atoms with E-state index in [1.54, 1.807) is 0 Å². The standard InChI is InChI=1S/C21H62O6P30/c1-9-11-6-12(25-47(55(43)51(35)36)57(53(39)40)54(41)42)10(2)15(19(11,3)4)16(27-46(50(33)34)56(44-28)52(37)38)18(22)20(5)13(26-45(48(29)30)49(31)32)7-14-21(23,8-24-14)17(9)20/h9,11-14,16-17,23,44H,6-8,28-43H2,1-5H3/t9-,11?,12+,13+,14-,16-,17+,20-,21+,46?,47?,55?,56?/m1/s1. The zero-order chi connectivity index (χ0) is 43.4. The summed E-state index contributed by atoms with van der Waals surface area (Å²) in [5.41, 5.74) is -0.215. The van der Waals surface area contributed by atoms with Crippen molar-refractivity contribution >= 4 is 249 Å². The molecule has 57 heavy (non-hydrogen) atoms. The van der Waals surface area contributed by atoms with Gasteiger partial charge in [-0.1, -0.05) is 37.7 Å². The fourth-order valence-electron chi connectivity index (χ4n) is 8.94. The van der Waals surface area contributed by atoms with Crippen LogP contribution in [0.4, 0.5) is 0 Å². The van der Waals surface area contributed by atoms with Crippen molar-refractivity contribution in [3.63, 3.8) is 0 Å². The highest BCUT2D eigenvalue weighted by molar-refractivity contribution is 9.19. The molecule has 1 heterocycles. The molecule has 0 radical (unpaired) electrons. The van der Waals surface area contributed by atoms with Crippen molar-refractivity contribution in [2.75, 3.05) is 6.61 Å². The maximum atomic E-state index is 16.5. The maximum absolute atomic E-state index is 16.5. The van der Waals surface area contributed by atoms with Crippen LogP contribution in [0.5, 0.6) is 0 Å². The Morgan fingerprint density at radius 1 is 0.737 bits per heavy atom. The zero-order valence-electron chi connectivity index (χ0n) is 32.2. The first kappa shape index (κ1) is 61.7. The molecule has 0 spiro atoms. The van der Waals surface area contributed by atoms with Gasteiger partial charge in [0.1, 0.15) is 11.7 Å². The lowest BCUT2D eigenvalue weighted by Gasteiger charge is -2.66. The molecule has 3 aliphatic carbocycles. The lowest BCUT2D eigenvalue weighted by atomic mass is 9.44. The highest BCUT2D eigenvalue weighted by Crippen LogP contribution is 3.18. The van der Waals surface area contributed by atoms with E-state index in [1.807, 2.05) is 0 Å². The minimum Gasteiger partial charge on any atom is -0.384 e. The molecule has 30 atom stereocenters. The predicted octanol–water partition coefficient (Wildman–Crippen LogP) is 19.3. The molecule has 2 bridgehead atoms. The highest BCUT2D eigenvalue weighted by atomic mass is 33.2. The van der Waals surface area contributed by atoms with E-state index in [4.69, 9.17) is 18.3 Å². The predicted molar refractivity (Wildman–Crippen MR) is 348 cm³/mol. The van der Waals surface area contributed by atoms with Gasteiger partial charge in [-0.2, -0.15) is 0 Å². The first-order valence-electron chi connectivity index (χ1n) is 16.9. The van der Waals surface area contributed by atoms with Gasteiger partial charge >= 0.3 is 0 Å². The number of ketones is 1. The number of carbonyl (C=O) groups is 1. The van der Waals surface area contributed by atoms with Crippen molar-refractivity contribution < 1.29 is 28.2 Å². The summed E-state index contributed by atoms with van der Waals surface area (Å²) in [5.74, 6) is -0.195. The molecule has 1 N–H and O–H groups in total. The Labute approximate surface area is 397 Å². The van der Waals surface area contributed by atoms with Crippen molar-refractivity contribution in [3.8, 4) is 0 Å². The maximum Gasteiger partial charge on any atom is 0.175 e. The minimum atomic E-state index is -1.13. The van der Waals surface area contributed by atoms with Crippen LogP contribution in [0.3, 0.4) is 0 Å². The summed E-state index contributed by atoms with van der Waals surface area (Å²) < 4.78 is 29.0. The normalized spacial score (nSPS) is 35.6. The van der Waals surface area contributed by atoms with Gasteiger partial charge in [0.2, 0.25) is 0 Å². The van der Waals surface area contributed by atoms with Crippen LogP contribution in [-0.2, 0) is 23.1 Å². The van der Waals surface area contributed by atoms with Crippen molar-refractivity contribution in [3.05, 3.63) is 11.1 Å². The second-order valence-corrected chi connectivity index (χ2v) is 122. The lowest BCUT2D eigenvalue weighted by Crippen LogP contribution is -2.76. The number of rotatable bonds is 17. The zero-order valence-corrected chi connectivity index (χ0v) is 63.3. The topological polar surface area (TPSA) is 74.2 Å². The van der Waals surface area contributed by atoms with E-state index in [2.05, 4.69) is 177 Å². The summed E-state index contributed by atoms with van der Waals surface area (Å²) in [5, 5.41) is 13.0. The van der Waals surface area contributed by atoms with Crippen LogP contribution in [-0.4, -0.2) is 47.5 Å². The summed E-state index contributed by atoms with van der Waals surface area (Å²) in [4.78, 5) is 16.5. The van der Waals surface area contributed by atoms with Gasteiger partial charge in [-0.25, -0.2) is 0 Å². The Balaban J connectivity index is 2.06. The van der Waals surface area contributed by atoms with E-state index in [-0.39, 0.29) is 68.7 Å². The molecular formula is C21H62O6P30. The van der Waals surface area contributed by atoms with Gasteiger partial charge in [-0.3, -0.25) is 4.79 Å². The third kappa shape index (κ3) is 13.9. The molecule has 4 rings (SSSR count). The van der Waals surface area contributed by atoms with Gasteiger partial charge < -0.3 is 23.4 Å². The number of hydrogen-bond donors (Lipinski definition) is 1. The molecular weight excluding hydrogens is 1280 g/mol. The second-order valence-electron chi connectivity index (χ2n) is 14.8. The fraction of sp³-hybridized carbons (Fsp3) is 0.857. The van der Waals surface area contributed by atoms with E-state index in [0.29, 0.717) is 14.4 Å². The van der Waals surface area contributed by atoms with Crippen molar-refractivity contribution in [2.24, 2.45) is 28.6 Å². The van der Waals surface area contributed by atoms with Gasteiger partial charge in [0, 0.05) is 33.3 Å². The van der Waals surface area contributed by atoms with Crippen molar-refractivity contribution in [1.82, 2.24) is 0 Å². The Morgan fingerprint density at radius 2 is 1.28 bits per heavy atom. The number of hydrogen-bond acceptors (Lipinski definition) is 6. The Hall–Kier alpha value is 12.1. The summed E-state index contributed by atoms with van der Waals surface area (Å²) in [6, 6.07) is 0. The molecule has 22 unspecified atom stereocenters. The molecule has 3 fully saturated rings. The van der Waals surface area contributed by atoms with Gasteiger partial charge in [0.05, 0.1) is 52.9 Å². The van der Waals surface area contributed by atoms with Crippen LogP contribution in [0.15, 0.2) is 11.1 Å². The van der Waals surface area contributed by atoms with E-state index in [0.717, 1.165) is 12.0 Å². The molecule has 6 nitrogen and oxygen atoms in total. The van der Waals surface area contributed by atoms with Gasteiger partial charge in [0.25, 0.3) is 0 Å². The van der Waals surface area contributed by atoms with Crippen LogP contribution in [0.25, 0.3) is 0 Å². The van der Waals surface area contributed by atoms with Crippen LogP contribution in [0.1, 0.15) is 47.5 Å². The summed E-state index contributed by atoms with van der Waals surface area (Å²) in [6.07, 6.45) is -0.352.